The fraction of sp³-hybridized carbons (Fsp3) is 0.533. The number of aliphatic imine (C=N–C) groups is 1. The summed E-state index contributed by atoms with van der Waals surface area (Å²) in [7, 11) is 0. The molecule has 0 N–H and O–H groups in total. The van der Waals surface area contributed by atoms with Gasteiger partial charge in [-0.1, -0.05) is 65.5 Å². The highest BCUT2D eigenvalue weighted by molar-refractivity contribution is 9.09. The number of nitrogens with zero attached hydrogens (tertiary/aromatic N) is 1. The monoisotopic (exact) mass is 307 g/mol. The summed E-state index contributed by atoms with van der Waals surface area (Å²) in [6.07, 6.45) is 7.77. The van der Waals surface area contributed by atoms with Crippen molar-refractivity contribution in [1.29, 1.82) is 0 Å². The summed E-state index contributed by atoms with van der Waals surface area (Å²) in [5.74, 6) is 0. The molecule has 1 heterocycles. The lowest BCUT2D eigenvalue weighted by Gasteiger charge is -2.44. The van der Waals surface area contributed by atoms with Gasteiger partial charge in [0, 0.05) is 5.33 Å². The van der Waals surface area contributed by atoms with Crippen molar-refractivity contribution >= 4 is 22.3 Å². The van der Waals surface area contributed by atoms with E-state index in [1.165, 1.54) is 24.8 Å². The largest absolute Gasteiger partial charge is 0.469 e. The lowest BCUT2D eigenvalue weighted by Crippen LogP contribution is -2.51. The lowest BCUT2D eigenvalue weighted by atomic mass is 9.68. The van der Waals surface area contributed by atoms with Crippen molar-refractivity contribution in [3.63, 3.8) is 0 Å². The second kappa shape index (κ2) is 4.69. The van der Waals surface area contributed by atoms with Gasteiger partial charge in [0.2, 0.25) is 0 Å². The molecule has 3 heteroatoms. The summed E-state index contributed by atoms with van der Waals surface area (Å²) in [5.41, 5.74) is 0.867. The Kier molecular flexibility index (Phi) is 3.18. The zero-order chi connectivity index (χ0) is 12.5. The SMILES string of the molecule is BrCC1(c2ccccc2)OC=NC12CCCCC2. The van der Waals surface area contributed by atoms with Crippen LogP contribution in [0.3, 0.4) is 0 Å². The Morgan fingerprint density at radius 1 is 1.11 bits per heavy atom. The molecule has 1 saturated carbocycles. The number of rotatable bonds is 2. The van der Waals surface area contributed by atoms with Gasteiger partial charge in [0.15, 0.2) is 12.0 Å². The molecule has 0 amide bonds. The molecule has 0 radical (unpaired) electrons. The zero-order valence-electron chi connectivity index (χ0n) is 10.4. The van der Waals surface area contributed by atoms with Gasteiger partial charge in [-0.2, -0.15) is 0 Å². The molecule has 1 fully saturated rings. The van der Waals surface area contributed by atoms with E-state index in [4.69, 9.17) is 9.73 Å². The molecule has 1 aromatic carbocycles. The molecule has 96 valence electrons. The van der Waals surface area contributed by atoms with Crippen molar-refractivity contribution in [2.75, 3.05) is 5.33 Å². The number of hydrogen-bond donors (Lipinski definition) is 0. The van der Waals surface area contributed by atoms with Crippen molar-refractivity contribution in [2.45, 2.75) is 43.2 Å². The van der Waals surface area contributed by atoms with E-state index >= 15 is 0 Å². The Balaban J connectivity index is 2.05. The standard InChI is InChI=1S/C15H18BrNO/c16-11-15(13-7-3-1-4-8-13)14(17-12-18-15)9-5-2-6-10-14/h1,3-4,7-8,12H,2,5-6,9-11H2. The van der Waals surface area contributed by atoms with Crippen molar-refractivity contribution in [3.05, 3.63) is 35.9 Å². The summed E-state index contributed by atoms with van der Waals surface area (Å²) >= 11 is 3.68. The van der Waals surface area contributed by atoms with Crippen LogP contribution < -0.4 is 0 Å². The fourth-order valence-electron chi connectivity index (χ4n) is 3.38. The molecule has 1 aromatic rings. The molecular formula is C15H18BrNO. The Morgan fingerprint density at radius 3 is 2.50 bits per heavy atom. The van der Waals surface area contributed by atoms with Crippen LogP contribution in [0, 0.1) is 0 Å². The third kappa shape index (κ3) is 1.63. The van der Waals surface area contributed by atoms with Crippen molar-refractivity contribution < 1.29 is 4.74 Å². The smallest absolute Gasteiger partial charge is 0.171 e. The number of halogens is 1. The minimum absolute atomic E-state index is 0.0594. The van der Waals surface area contributed by atoms with Gasteiger partial charge >= 0.3 is 0 Å². The van der Waals surface area contributed by atoms with E-state index in [1.54, 1.807) is 6.40 Å². The van der Waals surface area contributed by atoms with E-state index in [-0.39, 0.29) is 11.1 Å². The minimum Gasteiger partial charge on any atom is -0.469 e. The fourth-order valence-corrected chi connectivity index (χ4v) is 4.36. The van der Waals surface area contributed by atoms with Crippen LogP contribution in [0.5, 0.6) is 0 Å². The average molecular weight is 308 g/mol. The van der Waals surface area contributed by atoms with E-state index in [0.29, 0.717) is 0 Å². The van der Waals surface area contributed by atoms with Gasteiger partial charge in [-0.25, -0.2) is 4.99 Å². The highest BCUT2D eigenvalue weighted by Crippen LogP contribution is 2.51. The average Bonchev–Trinajstić information content (AvgIpc) is 2.80. The second-order valence-electron chi connectivity index (χ2n) is 5.27. The molecule has 0 aromatic heterocycles. The summed E-state index contributed by atoms with van der Waals surface area (Å²) in [5, 5.41) is 0.796. The molecule has 2 nitrogen and oxygen atoms in total. The van der Waals surface area contributed by atoms with Gasteiger partial charge in [0.1, 0.15) is 5.54 Å². The van der Waals surface area contributed by atoms with Gasteiger partial charge in [-0.05, 0) is 18.4 Å². The van der Waals surface area contributed by atoms with Gasteiger partial charge in [-0.3, -0.25) is 0 Å². The van der Waals surface area contributed by atoms with E-state index in [1.807, 2.05) is 0 Å². The first-order chi connectivity index (χ1) is 8.83. The van der Waals surface area contributed by atoms with Crippen LogP contribution in [0.4, 0.5) is 0 Å². The molecule has 2 aliphatic rings. The minimum atomic E-state index is -0.311. The Hall–Kier alpha value is -0.830. The highest BCUT2D eigenvalue weighted by Gasteiger charge is 2.56. The lowest BCUT2D eigenvalue weighted by molar-refractivity contribution is 0.0127. The van der Waals surface area contributed by atoms with Crippen LogP contribution in [0.15, 0.2) is 35.3 Å². The molecule has 18 heavy (non-hydrogen) atoms. The predicted octanol–water partition coefficient (Wildman–Crippen LogP) is 4.04. The molecule has 0 saturated heterocycles. The summed E-state index contributed by atoms with van der Waals surface area (Å²) in [4.78, 5) is 4.75. The van der Waals surface area contributed by atoms with Crippen LogP contribution in [-0.2, 0) is 10.3 Å². The quantitative estimate of drug-likeness (QED) is 0.756. The molecule has 1 spiro atoms. The topological polar surface area (TPSA) is 21.6 Å². The maximum atomic E-state index is 6.03. The van der Waals surface area contributed by atoms with E-state index in [2.05, 4.69) is 46.3 Å². The highest BCUT2D eigenvalue weighted by atomic mass is 79.9. The van der Waals surface area contributed by atoms with Crippen LogP contribution in [0.1, 0.15) is 37.7 Å². The van der Waals surface area contributed by atoms with Gasteiger partial charge < -0.3 is 4.74 Å². The van der Waals surface area contributed by atoms with Crippen LogP contribution in [-0.4, -0.2) is 17.3 Å². The third-order valence-electron chi connectivity index (χ3n) is 4.41. The van der Waals surface area contributed by atoms with Crippen molar-refractivity contribution in [3.8, 4) is 0 Å². The Bertz CT molecular complexity index is 439. The van der Waals surface area contributed by atoms with Crippen molar-refractivity contribution in [1.82, 2.24) is 0 Å². The maximum Gasteiger partial charge on any atom is 0.171 e. The molecule has 1 atom stereocenters. The molecule has 3 rings (SSSR count). The first kappa shape index (κ1) is 12.2. The molecule has 1 unspecified atom stereocenters. The number of alkyl halides is 1. The molecular weight excluding hydrogens is 290 g/mol. The van der Waals surface area contributed by atoms with E-state index in [0.717, 1.165) is 18.2 Å². The zero-order valence-corrected chi connectivity index (χ0v) is 12.0. The van der Waals surface area contributed by atoms with Crippen LogP contribution in [0.2, 0.25) is 0 Å². The molecule has 1 aliphatic carbocycles. The van der Waals surface area contributed by atoms with Gasteiger partial charge in [0.05, 0.1) is 0 Å². The van der Waals surface area contributed by atoms with Gasteiger partial charge in [0.25, 0.3) is 0 Å². The number of ether oxygens (including phenoxy) is 1. The summed E-state index contributed by atoms with van der Waals surface area (Å²) in [6.45, 7) is 0. The maximum absolute atomic E-state index is 6.03. The van der Waals surface area contributed by atoms with Gasteiger partial charge in [-0.15, -0.1) is 0 Å². The van der Waals surface area contributed by atoms with Crippen LogP contribution >= 0.6 is 15.9 Å². The molecule has 1 aliphatic heterocycles. The van der Waals surface area contributed by atoms with Crippen LogP contribution in [0.25, 0.3) is 0 Å². The predicted molar refractivity (Wildman–Crippen MR) is 77.3 cm³/mol. The summed E-state index contributed by atoms with van der Waals surface area (Å²) < 4.78 is 6.03. The first-order valence-electron chi connectivity index (χ1n) is 6.66. The third-order valence-corrected chi connectivity index (χ3v) is 5.20. The number of benzene rings is 1. The Morgan fingerprint density at radius 2 is 1.83 bits per heavy atom. The normalized spacial score (nSPS) is 29.4. The van der Waals surface area contributed by atoms with Crippen molar-refractivity contribution in [2.24, 2.45) is 4.99 Å². The summed E-state index contributed by atoms with van der Waals surface area (Å²) in [6, 6.07) is 10.5. The van der Waals surface area contributed by atoms with E-state index < -0.39 is 0 Å². The number of hydrogen-bond acceptors (Lipinski definition) is 2. The Labute approximate surface area is 117 Å². The first-order valence-corrected chi connectivity index (χ1v) is 7.78. The van der Waals surface area contributed by atoms with E-state index in [9.17, 15) is 0 Å². The second-order valence-corrected chi connectivity index (χ2v) is 5.83. The molecule has 0 bridgehead atoms.